The molecule has 0 spiro atoms. The summed E-state index contributed by atoms with van der Waals surface area (Å²) >= 11 is 0. The molecular formula is C17H20N2. The molecule has 3 heterocycles. The Bertz CT molecular complexity index is 638. The molecule has 1 aromatic carbocycles. The van der Waals surface area contributed by atoms with Crippen molar-refractivity contribution >= 4 is 10.9 Å². The van der Waals surface area contributed by atoms with Gasteiger partial charge in [-0.3, -0.25) is 0 Å². The number of nitrogens with zero attached hydrogens (tertiary/aromatic N) is 1. The fourth-order valence-corrected chi connectivity index (χ4v) is 3.85. The molecular weight excluding hydrogens is 232 g/mol. The summed E-state index contributed by atoms with van der Waals surface area (Å²) in [5, 5.41) is 1.43. The average molecular weight is 252 g/mol. The van der Waals surface area contributed by atoms with Gasteiger partial charge in [0.2, 0.25) is 0 Å². The first-order valence-electron chi connectivity index (χ1n) is 7.42. The molecule has 1 fully saturated rings. The summed E-state index contributed by atoms with van der Waals surface area (Å²) in [6.45, 7) is 2.21. The second-order valence-electron chi connectivity index (χ2n) is 5.75. The lowest BCUT2D eigenvalue weighted by Crippen LogP contribution is -2.33. The van der Waals surface area contributed by atoms with E-state index in [1.807, 2.05) is 0 Å². The fraction of sp³-hybridized carbons (Fsp3) is 0.412. The molecule has 0 saturated carbocycles. The van der Waals surface area contributed by atoms with Gasteiger partial charge in [-0.25, -0.2) is 0 Å². The normalized spacial score (nSPS) is 25.4. The second kappa shape index (κ2) is 4.16. The van der Waals surface area contributed by atoms with Crippen LogP contribution in [-0.4, -0.2) is 15.9 Å². The van der Waals surface area contributed by atoms with Crippen molar-refractivity contribution < 1.29 is 0 Å². The second-order valence-corrected chi connectivity index (χ2v) is 5.75. The van der Waals surface area contributed by atoms with E-state index in [2.05, 4.69) is 53.3 Å². The number of H-pyrrole nitrogens is 1. The molecule has 1 N–H and O–H groups in total. The Morgan fingerprint density at radius 2 is 2.21 bits per heavy atom. The lowest BCUT2D eigenvalue weighted by atomic mass is 9.97. The summed E-state index contributed by atoms with van der Waals surface area (Å²) in [7, 11) is 0. The molecule has 1 saturated heterocycles. The van der Waals surface area contributed by atoms with Crippen molar-refractivity contribution in [3.63, 3.8) is 0 Å². The topological polar surface area (TPSA) is 19.0 Å². The molecule has 98 valence electrons. The van der Waals surface area contributed by atoms with Gasteiger partial charge in [0.25, 0.3) is 0 Å². The van der Waals surface area contributed by atoms with Gasteiger partial charge in [0.1, 0.15) is 0 Å². The van der Waals surface area contributed by atoms with Crippen LogP contribution in [0.5, 0.6) is 0 Å². The van der Waals surface area contributed by atoms with Gasteiger partial charge in [-0.15, -0.1) is 0 Å². The Labute approximate surface area is 114 Å². The molecule has 2 nitrogen and oxygen atoms in total. The quantitative estimate of drug-likeness (QED) is 0.850. The van der Waals surface area contributed by atoms with Crippen molar-refractivity contribution in [2.24, 2.45) is 0 Å². The average Bonchev–Trinajstić information content (AvgIpc) is 2.93. The molecule has 0 aliphatic carbocycles. The van der Waals surface area contributed by atoms with Gasteiger partial charge in [-0.2, -0.15) is 0 Å². The minimum Gasteiger partial charge on any atom is -0.367 e. The number of aromatic nitrogens is 1. The molecule has 2 aliphatic heterocycles. The molecule has 0 radical (unpaired) electrons. The standard InChI is InChI=1S/C17H20N2/c1-2-3-10-19-12-8-9-16(19)17-13-6-4-5-7-14(13)18-15(17)11-12/h3-7,10,12,16,18H,2,8-9,11H2,1H3. The SMILES string of the molecule is CCC=CN1C2CCC1c1c([nH]c3ccccc13)C2. The minimum atomic E-state index is 0.590. The zero-order valence-electron chi connectivity index (χ0n) is 11.4. The van der Waals surface area contributed by atoms with Crippen LogP contribution in [0.2, 0.25) is 0 Å². The summed E-state index contributed by atoms with van der Waals surface area (Å²) in [4.78, 5) is 6.25. The lowest BCUT2D eigenvalue weighted by Gasteiger charge is -2.34. The van der Waals surface area contributed by atoms with E-state index in [1.54, 1.807) is 5.56 Å². The van der Waals surface area contributed by atoms with Crippen LogP contribution in [-0.2, 0) is 6.42 Å². The predicted octanol–water partition coefficient (Wildman–Crippen LogP) is 4.15. The summed E-state index contributed by atoms with van der Waals surface area (Å²) in [5.41, 5.74) is 4.35. The van der Waals surface area contributed by atoms with E-state index in [1.165, 1.54) is 35.9 Å². The Balaban J connectivity index is 1.85. The van der Waals surface area contributed by atoms with Crippen LogP contribution in [0.4, 0.5) is 0 Å². The molecule has 2 bridgehead atoms. The highest BCUT2D eigenvalue weighted by Gasteiger charge is 2.39. The van der Waals surface area contributed by atoms with Crippen molar-refractivity contribution in [3.8, 4) is 0 Å². The number of rotatable bonds is 2. The monoisotopic (exact) mass is 252 g/mol. The maximum Gasteiger partial charge on any atom is 0.0564 e. The van der Waals surface area contributed by atoms with E-state index in [0.717, 1.165) is 6.42 Å². The highest BCUT2D eigenvalue weighted by Crippen LogP contribution is 2.46. The molecule has 19 heavy (non-hydrogen) atoms. The third kappa shape index (κ3) is 1.55. The Morgan fingerprint density at radius 3 is 3.11 bits per heavy atom. The van der Waals surface area contributed by atoms with E-state index in [4.69, 9.17) is 0 Å². The van der Waals surface area contributed by atoms with Crippen LogP contribution in [0.1, 0.15) is 43.5 Å². The summed E-state index contributed by atoms with van der Waals surface area (Å²) < 4.78 is 0. The van der Waals surface area contributed by atoms with Gasteiger partial charge in [-0.1, -0.05) is 31.2 Å². The van der Waals surface area contributed by atoms with Crippen molar-refractivity contribution in [2.45, 2.75) is 44.7 Å². The maximum absolute atomic E-state index is 3.64. The minimum absolute atomic E-state index is 0.590. The molecule has 1 aromatic heterocycles. The summed E-state index contributed by atoms with van der Waals surface area (Å²) in [5.74, 6) is 0. The number of aromatic amines is 1. The van der Waals surface area contributed by atoms with E-state index in [0.29, 0.717) is 12.1 Å². The van der Waals surface area contributed by atoms with Gasteiger partial charge < -0.3 is 9.88 Å². The number of nitrogens with one attached hydrogen (secondary N) is 1. The smallest absolute Gasteiger partial charge is 0.0564 e. The number of allylic oxidation sites excluding steroid dienone is 1. The van der Waals surface area contributed by atoms with Gasteiger partial charge in [-0.05, 0) is 31.5 Å². The number of para-hydroxylation sites is 1. The van der Waals surface area contributed by atoms with Gasteiger partial charge in [0.05, 0.1) is 6.04 Å². The highest BCUT2D eigenvalue weighted by atomic mass is 15.2. The van der Waals surface area contributed by atoms with E-state index in [9.17, 15) is 0 Å². The number of hydrogen-bond donors (Lipinski definition) is 1. The van der Waals surface area contributed by atoms with Gasteiger partial charge >= 0.3 is 0 Å². The highest BCUT2D eigenvalue weighted by molar-refractivity contribution is 5.85. The first kappa shape index (κ1) is 11.2. The zero-order valence-corrected chi connectivity index (χ0v) is 11.4. The van der Waals surface area contributed by atoms with Crippen molar-refractivity contribution in [2.75, 3.05) is 0 Å². The van der Waals surface area contributed by atoms with Gasteiger partial charge in [0.15, 0.2) is 0 Å². The molecule has 2 aliphatic rings. The maximum atomic E-state index is 3.64. The van der Waals surface area contributed by atoms with Crippen molar-refractivity contribution in [1.29, 1.82) is 0 Å². The predicted molar refractivity (Wildman–Crippen MR) is 79.0 cm³/mol. The Hall–Kier alpha value is -1.70. The zero-order chi connectivity index (χ0) is 12.8. The first-order chi connectivity index (χ1) is 9.38. The first-order valence-corrected chi connectivity index (χ1v) is 7.42. The molecule has 4 rings (SSSR count). The summed E-state index contributed by atoms with van der Waals surface area (Å²) in [6.07, 6.45) is 9.56. The van der Waals surface area contributed by atoms with Crippen molar-refractivity contribution in [3.05, 3.63) is 47.8 Å². The number of benzene rings is 1. The van der Waals surface area contributed by atoms with Gasteiger partial charge in [0, 0.05) is 34.6 Å². The van der Waals surface area contributed by atoms with E-state index >= 15 is 0 Å². The Morgan fingerprint density at radius 1 is 1.32 bits per heavy atom. The largest absolute Gasteiger partial charge is 0.367 e. The van der Waals surface area contributed by atoms with Crippen LogP contribution in [0.25, 0.3) is 10.9 Å². The molecule has 2 unspecified atom stereocenters. The third-order valence-electron chi connectivity index (χ3n) is 4.67. The number of hydrogen-bond acceptors (Lipinski definition) is 1. The molecule has 0 amide bonds. The van der Waals surface area contributed by atoms with E-state index < -0.39 is 0 Å². The summed E-state index contributed by atoms with van der Waals surface area (Å²) in [6, 6.07) is 10.0. The van der Waals surface area contributed by atoms with Crippen LogP contribution in [0.15, 0.2) is 36.5 Å². The van der Waals surface area contributed by atoms with Crippen LogP contribution in [0, 0.1) is 0 Å². The number of fused-ring (bicyclic) bond motifs is 6. The lowest BCUT2D eigenvalue weighted by molar-refractivity contribution is 0.258. The molecule has 2 aromatic rings. The molecule has 2 atom stereocenters. The van der Waals surface area contributed by atoms with Crippen molar-refractivity contribution in [1.82, 2.24) is 9.88 Å². The third-order valence-corrected chi connectivity index (χ3v) is 4.67. The van der Waals surface area contributed by atoms with Crippen LogP contribution >= 0.6 is 0 Å². The Kier molecular flexibility index (Phi) is 2.44. The van der Waals surface area contributed by atoms with E-state index in [-0.39, 0.29) is 0 Å². The molecule has 2 heteroatoms. The van der Waals surface area contributed by atoms with Crippen LogP contribution in [0.3, 0.4) is 0 Å². The van der Waals surface area contributed by atoms with Crippen LogP contribution < -0.4 is 0 Å². The fourth-order valence-electron chi connectivity index (χ4n) is 3.85.